The zero-order chi connectivity index (χ0) is 21.8. The fraction of sp³-hybridized carbons (Fsp3) is 0.619. The highest BCUT2D eigenvalue weighted by Gasteiger charge is 2.46. The fourth-order valence-electron chi connectivity index (χ4n) is 3.90. The molecule has 0 radical (unpaired) electrons. The van der Waals surface area contributed by atoms with Crippen molar-refractivity contribution in [2.75, 3.05) is 27.2 Å². The lowest BCUT2D eigenvalue weighted by Gasteiger charge is -2.27. The van der Waals surface area contributed by atoms with Crippen LogP contribution in [0.1, 0.15) is 32.3 Å². The average molecular weight is 411 g/mol. The van der Waals surface area contributed by atoms with Crippen LogP contribution in [0.5, 0.6) is 0 Å². The van der Waals surface area contributed by atoms with Gasteiger partial charge in [0, 0.05) is 44.5 Å². The minimum Gasteiger partial charge on any atom is -0.357 e. The van der Waals surface area contributed by atoms with Crippen LogP contribution in [0.2, 0.25) is 0 Å². The van der Waals surface area contributed by atoms with Gasteiger partial charge < -0.3 is 14.8 Å². The number of hydrogen-bond donors (Lipinski definition) is 1. The molecular weight excluding hydrogens is 378 g/mol. The lowest BCUT2D eigenvalue weighted by Crippen LogP contribution is -2.47. The van der Waals surface area contributed by atoms with Crippen LogP contribution in [0.4, 0.5) is 8.78 Å². The van der Waals surface area contributed by atoms with Crippen molar-refractivity contribution in [3.8, 4) is 0 Å². The Balaban J connectivity index is 1.96. The number of carbonyl (C=O) groups is 2. The maximum atomic E-state index is 14.0. The molecule has 1 aliphatic heterocycles. The van der Waals surface area contributed by atoms with Crippen LogP contribution < -0.4 is 5.32 Å². The number of likely N-dealkylation sites (N-methyl/N-ethyl adjacent to an activating group) is 1. The summed E-state index contributed by atoms with van der Waals surface area (Å²) in [5.41, 5.74) is 0.832. The van der Waals surface area contributed by atoms with Crippen LogP contribution in [-0.4, -0.2) is 71.4 Å². The summed E-state index contributed by atoms with van der Waals surface area (Å²) in [6.07, 6.45) is 6.56. The van der Waals surface area contributed by atoms with Gasteiger partial charge in [-0.2, -0.15) is 0 Å². The van der Waals surface area contributed by atoms with Crippen LogP contribution in [0.15, 0.2) is 24.5 Å². The van der Waals surface area contributed by atoms with E-state index in [0.29, 0.717) is 6.42 Å². The molecule has 0 spiro atoms. The van der Waals surface area contributed by atoms with Crippen molar-refractivity contribution in [1.29, 1.82) is 0 Å². The number of alkyl halides is 2. The van der Waals surface area contributed by atoms with Crippen molar-refractivity contribution in [2.45, 2.75) is 44.7 Å². The lowest BCUT2D eigenvalue weighted by atomic mass is 10.0. The number of rotatable bonds is 8. The predicted octanol–water partition coefficient (Wildman–Crippen LogP) is 2.37. The van der Waals surface area contributed by atoms with E-state index in [4.69, 9.17) is 0 Å². The van der Waals surface area contributed by atoms with Gasteiger partial charge in [-0.25, -0.2) is 8.78 Å². The molecule has 8 heteroatoms. The fourth-order valence-corrected chi connectivity index (χ4v) is 3.90. The highest BCUT2D eigenvalue weighted by Crippen LogP contribution is 2.33. The molecule has 2 heterocycles. The Morgan fingerprint density at radius 1 is 1.38 bits per heavy atom. The first-order valence-corrected chi connectivity index (χ1v) is 9.93. The standard InChI is InChI=1S/C21H32F2N4O2/c1-15(2)19(25(3)4)20(29)24-10-8-17-12-21(22,23)14-27(17)18(28)7-6-16-9-11-26(5)13-16/h6-7,9,11,13,15,17,19H,8,10,12,14H2,1-5H3,(H,24,29)/b7-6+. The summed E-state index contributed by atoms with van der Waals surface area (Å²) in [4.78, 5) is 28.0. The van der Waals surface area contributed by atoms with Crippen LogP contribution >= 0.6 is 0 Å². The lowest BCUT2D eigenvalue weighted by molar-refractivity contribution is -0.128. The number of aryl methyl sites for hydroxylation is 1. The molecule has 1 aromatic heterocycles. The number of amides is 2. The summed E-state index contributed by atoms with van der Waals surface area (Å²) in [5.74, 6) is -3.34. The summed E-state index contributed by atoms with van der Waals surface area (Å²) in [5, 5.41) is 2.84. The van der Waals surface area contributed by atoms with Crippen molar-refractivity contribution in [3.05, 3.63) is 30.1 Å². The zero-order valence-corrected chi connectivity index (χ0v) is 17.9. The number of nitrogens with zero attached hydrogens (tertiary/aromatic N) is 3. The van der Waals surface area contributed by atoms with Crippen molar-refractivity contribution < 1.29 is 18.4 Å². The highest BCUT2D eigenvalue weighted by atomic mass is 19.3. The molecule has 2 rings (SSSR count). The predicted molar refractivity (Wildman–Crippen MR) is 109 cm³/mol. The van der Waals surface area contributed by atoms with Crippen molar-refractivity contribution >= 4 is 17.9 Å². The Hall–Kier alpha value is -2.22. The number of halogens is 2. The molecule has 0 aliphatic carbocycles. The number of aromatic nitrogens is 1. The molecule has 0 bridgehead atoms. The summed E-state index contributed by atoms with van der Waals surface area (Å²) in [6.45, 7) is 3.58. The maximum absolute atomic E-state index is 14.0. The molecule has 1 saturated heterocycles. The van der Waals surface area contributed by atoms with E-state index in [-0.39, 0.29) is 30.8 Å². The molecule has 2 amide bonds. The molecule has 6 nitrogen and oxygen atoms in total. The summed E-state index contributed by atoms with van der Waals surface area (Å²) in [7, 11) is 5.53. The van der Waals surface area contributed by atoms with Crippen LogP contribution in [0, 0.1) is 5.92 Å². The number of carbonyl (C=O) groups excluding carboxylic acids is 2. The molecule has 1 N–H and O–H groups in total. The Bertz CT molecular complexity index is 735. The van der Waals surface area contributed by atoms with E-state index in [9.17, 15) is 18.4 Å². The van der Waals surface area contributed by atoms with Crippen LogP contribution in [0.25, 0.3) is 6.08 Å². The molecule has 1 aliphatic rings. The molecule has 162 valence electrons. The third-order valence-electron chi connectivity index (χ3n) is 5.17. The van der Waals surface area contributed by atoms with Gasteiger partial charge in [-0.15, -0.1) is 0 Å². The second-order valence-electron chi connectivity index (χ2n) is 8.36. The van der Waals surface area contributed by atoms with Gasteiger partial charge in [-0.05, 0) is 44.1 Å². The second kappa shape index (κ2) is 9.52. The SMILES string of the molecule is CC(C)C(C(=O)NCCC1CC(F)(F)CN1C(=O)/C=C/c1ccn(C)c1)N(C)C. The van der Waals surface area contributed by atoms with Gasteiger partial charge in [0.2, 0.25) is 11.8 Å². The van der Waals surface area contributed by atoms with Gasteiger partial charge in [0.15, 0.2) is 0 Å². The molecule has 0 aromatic carbocycles. The largest absolute Gasteiger partial charge is 0.357 e. The molecule has 2 atom stereocenters. The first-order valence-electron chi connectivity index (χ1n) is 9.93. The van der Waals surface area contributed by atoms with Crippen LogP contribution in [-0.2, 0) is 16.6 Å². The van der Waals surface area contributed by atoms with E-state index in [0.717, 1.165) is 5.56 Å². The van der Waals surface area contributed by atoms with Crippen LogP contribution in [0.3, 0.4) is 0 Å². The first kappa shape index (κ1) is 23.1. The minimum atomic E-state index is -2.91. The molecule has 2 unspecified atom stereocenters. The average Bonchev–Trinajstić information content (AvgIpc) is 3.14. The van der Waals surface area contributed by atoms with E-state index < -0.39 is 24.4 Å². The highest BCUT2D eigenvalue weighted by molar-refractivity contribution is 5.92. The van der Waals surface area contributed by atoms with Gasteiger partial charge in [0.05, 0.1) is 12.6 Å². The Labute approximate surface area is 171 Å². The van der Waals surface area contributed by atoms with Gasteiger partial charge in [-0.1, -0.05) is 13.8 Å². The van der Waals surface area contributed by atoms with E-state index >= 15 is 0 Å². The normalized spacial score (nSPS) is 20.0. The Morgan fingerprint density at radius 3 is 2.62 bits per heavy atom. The second-order valence-corrected chi connectivity index (χ2v) is 8.36. The molecule has 0 saturated carbocycles. The number of hydrogen-bond acceptors (Lipinski definition) is 3. The van der Waals surface area contributed by atoms with Crippen molar-refractivity contribution in [3.63, 3.8) is 0 Å². The summed E-state index contributed by atoms with van der Waals surface area (Å²) in [6, 6.07) is 0.951. The third kappa shape index (κ3) is 6.39. The molecule has 29 heavy (non-hydrogen) atoms. The maximum Gasteiger partial charge on any atom is 0.267 e. The van der Waals surface area contributed by atoms with Crippen molar-refractivity contribution in [2.24, 2.45) is 13.0 Å². The Kier molecular flexibility index (Phi) is 7.57. The summed E-state index contributed by atoms with van der Waals surface area (Å²) < 4.78 is 29.8. The van der Waals surface area contributed by atoms with E-state index in [2.05, 4.69) is 5.32 Å². The van der Waals surface area contributed by atoms with Gasteiger partial charge in [0.1, 0.15) is 0 Å². The number of nitrogens with one attached hydrogen (secondary N) is 1. The van der Waals surface area contributed by atoms with Gasteiger partial charge in [-0.3, -0.25) is 14.5 Å². The van der Waals surface area contributed by atoms with Gasteiger partial charge >= 0.3 is 0 Å². The van der Waals surface area contributed by atoms with Crippen molar-refractivity contribution in [1.82, 2.24) is 19.7 Å². The smallest absolute Gasteiger partial charge is 0.267 e. The molecule has 1 aromatic rings. The van der Waals surface area contributed by atoms with E-state index in [1.165, 1.54) is 11.0 Å². The molecule has 1 fully saturated rings. The zero-order valence-electron chi connectivity index (χ0n) is 17.9. The minimum absolute atomic E-state index is 0.127. The van der Waals surface area contributed by atoms with Gasteiger partial charge in [0.25, 0.3) is 5.92 Å². The Morgan fingerprint density at radius 2 is 2.07 bits per heavy atom. The molecular formula is C21H32F2N4O2. The van der Waals surface area contributed by atoms with E-state index in [1.807, 2.05) is 62.9 Å². The van der Waals surface area contributed by atoms with E-state index in [1.54, 1.807) is 6.08 Å². The quantitative estimate of drug-likeness (QED) is 0.670. The topological polar surface area (TPSA) is 57.6 Å². The third-order valence-corrected chi connectivity index (χ3v) is 5.17. The summed E-state index contributed by atoms with van der Waals surface area (Å²) >= 11 is 0. The monoisotopic (exact) mass is 410 g/mol. The number of likely N-dealkylation sites (tertiary alicyclic amines) is 1. The first-order chi connectivity index (χ1) is 13.5.